The van der Waals surface area contributed by atoms with Gasteiger partial charge in [-0.15, -0.1) is 11.3 Å². The van der Waals surface area contributed by atoms with Gasteiger partial charge in [0.2, 0.25) is 10.0 Å². The van der Waals surface area contributed by atoms with Gasteiger partial charge in [0, 0.05) is 11.4 Å². The molecule has 0 saturated heterocycles. The van der Waals surface area contributed by atoms with Crippen molar-refractivity contribution >= 4 is 21.4 Å². The Labute approximate surface area is 94.0 Å². The Morgan fingerprint density at radius 2 is 2.20 bits per heavy atom. The summed E-state index contributed by atoms with van der Waals surface area (Å²) in [5.74, 6) is 0. The molecule has 0 bridgehead atoms. The molecule has 1 atom stereocenters. The topological polar surface area (TPSA) is 66.4 Å². The van der Waals surface area contributed by atoms with Crippen LogP contribution in [0.2, 0.25) is 0 Å². The summed E-state index contributed by atoms with van der Waals surface area (Å²) in [6.07, 6.45) is 0.154. The first-order valence-corrected chi connectivity index (χ1v) is 7.02. The SMILES string of the molecule is CCc1ccc(S(=O)(=O)NC[C@@H](C)O)s1. The van der Waals surface area contributed by atoms with Crippen LogP contribution in [0.1, 0.15) is 18.7 Å². The third kappa shape index (κ3) is 3.57. The zero-order valence-corrected chi connectivity index (χ0v) is 10.4. The summed E-state index contributed by atoms with van der Waals surface area (Å²) in [5.41, 5.74) is 0. The van der Waals surface area contributed by atoms with E-state index in [1.165, 1.54) is 18.3 Å². The van der Waals surface area contributed by atoms with Gasteiger partial charge >= 0.3 is 0 Å². The van der Waals surface area contributed by atoms with E-state index < -0.39 is 16.1 Å². The largest absolute Gasteiger partial charge is 0.392 e. The van der Waals surface area contributed by atoms with Crippen molar-refractivity contribution in [3.63, 3.8) is 0 Å². The molecule has 15 heavy (non-hydrogen) atoms. The fourth-order valence-corrected chi connectivity index (χ4v) is 3.46. The molecular weight excluding hydrogens is 234 g/mol. The monoisotopic (exact) mass is 249 g/mol. The first kappa shape index (κ1) is 12.6. The fourth-order valence-electron chi connectivity index (χ4n) is 0.994. The van der Waals surface area contributed by atoms with E-state index in [9.17, 15) is 8.42 Å². The molecule has 0 aromatic carbocycles. The van der Waals surface area contributed by atoms with Crippen LogP contribution >= 0.6 is 11.3 Å². The van der Waals surface area contributed by atoms with Crippen LogP contribution in [0.4, 0.5) is 0 Å². The van der Waals surface area contributed by atoms with Gasteiger partial charge in [-0.1, -0.05) is 6.92 Å². The number of nitrogens with one attached hydrogen (secondary N) is 1. The molecule has 0 unspecified atom stereocenters. The third-order valence-electron chi connectivity index (χ3n) is 1.82. The van der Waals surface area contributed by atoms with E-state index in [4.69, 9.17) is 5.11 Å². The molecule has 86 valence electrons. The molecule has 0 aliphatic carbocycles. The molecule has 2 N–H and O–H groups in total. The predicted octanol–water partition coefficient (Wildman–Crippen LogP) is 0.970. The Bertz CT molecular complexity index is 409. The first-order valence-electron chi connectivity index (χ1n) is 4.72. The average molecular weight is 249 g/mol. The summed E-state index contributed by atoms with van der Waals surface area (Å²) in [6.45, 7) is 3.56. The highest BCUT2D eigenvalue weighted by molar-refractivity contribution is 7.91. The van der Waals surface area contributed by atoms with Crippen LogP contribution in [-0.4, -0.2) is 26.2 Å². The normalized spacial score (nSPS) is 14.1. The third-order valence-corrected chi connectivity index (χ3v) is 4.96. The lowest BCUT2D eigenvalue weighted by Crippen LogP contribution is -2.30. The van der Waals surface area contributed by atoms with Crippen molar-refractivity contribution in [2.45, 2.75) is 30.6 Å². The van der Waals surface area contributed by atoms with Crippen molar-refractivity contribution in [1.82, 2.24) is 4.72 Å². The van der Waals surface area contributed by atoms with Crippen molar-refractivity contribution in [2.24, 2.45) is 0 Å². The Kier molecular flexibility index (Phi) is 4.27. The number of sulfonamides is 1. The van der Waals surface area contributed by atoms with Crippen molar-refractivity contribution in [2.75, 3.05) is 6.54 Å². The Morgan fingerprint density at radius 3 is 2.67 bits per heavy atom. The van der Waals surface area contributed by atoms with Crippen LogP contribution in [0.25, 0.3) is 0 Å². The minimum Gasteiger partial charge on any atom is -0.392 e. The molecule has 1 aromatic rings. The van der Waals surface area contributed by atoms with Gasteiger partial charge in [0.25, 0.3) is 0 Å². The van der Waals surface area contributed by atoms with Gasteiger partial charge < -0.3 is 5.11 Å². The van der Waals surface area contributed by atoms with E-state index in [0.29, 0.717) is 4.21 Å². The number of hydrogen-bond acceptors (Lipinski definition) is 4. The molecular formula is C9H15NO3S2. The van der Waals surface area contributed by atoms with Crippen LogP contribution in [0.5, 0.6) is 0 Å². The maximum atomic E-state index is 11.7. The van der Waals surface area contributed by atoms with Crippen LogP contribution in [-0.2, 0) is 16.4 Å². The minimum atomic E-state index is -3.44. The van der Waals surface area contributed by atoms with Gasteiger partial charge in [-0.05, 0) is 25.5 Å². The van der Waals surface area contributed by atoms with Gasteiger partial charge in [-0.2, -0.15) is 0 Å². The molecule has 0 aliphatic heterocycles. The van der Waals surface area contributed by atoms with E-state index in [2.05, 4.69) is 4.72 Å². The van der Waals surface area contributed by atoms with Crippen LogP contribution in [0.15, 0.2) is 16.3 Å². The lowest BCUT2D eigenvalue weighted by molar-refractivity contribution is 0.198. The fraction of sp³-hybridized carbons (Fsp3) is 0.556. The maximum Gasteiger partial charge on any atom is 0.250 e. The number of rotatable bonds is 5. The number of thiophene rings is 1. The second-order valence-electron chi connectivity index (χ2n) is 3.28. The molecule has 0 spiro atoms. The standard InChI is InChI=1S/C9H15NO3S2/c1-3-8-4-5-9(14-8)15(12,13)10-6-7(2)11/h4-5,7,10-11H,3,6H2,1-2H3/t7-/m1/s1. The smallest absolute Gasteiger partial charge is 0.250 e. The van der Waals surface area contributed by atoms with Gasteiger partial charge in [0.15, 0.2) is 0 Å². The Hall–Kier alpha value is -0.430. The highest BCUT2D eigenvalue weighted by atomic mass is 32.2. The van der Waals surface area contributed by atoms with Crippen LogP contribution in [0.3, 0.4) is 0 Å². The summed E-state index contributed by atoms with van der Waals surface area (Å²) in [7, 11) is -3.44. The second-order valence-corrected chi connectivity index (χ2v) is 6.44. The maximum absolute atomic E-state index is 11.7. The summed E-state index contributed by atoms with van der Waals surface area (Å²) in [5, 5.41) is 8.99. The van der Waals surface area contributed by atoms with E-state index in [1.54, 1.807) is 6.07 Å². The molecule has 0 fully saturated rings. The highest BCUT2D eigenvalue weighted by Gasteiger charge is 2.16. The van der Waals surface area contributed by atoms with Crippen molar-refractivity contribution in [3.8, 4) is 0 Å². The van der Waals surface area contributed by atoms with Crippen LogP contribution < -0.4 is 4.72 Å². The lowest BCUT2D eigenvalue weighted by Gasteiger charge is -2.05. The Balaban J connectivity index is 2.77. The zero-order valence-electron chi connectivity index (χ0n) is 8.73. The van der Waals surface area contributed by atoms with Gasteiger partial charge in [-0.3, -0.25) is 0 Å². The summed E-state index contributed by atoms with van der Waals surface area (Å²) in [4.78, 5) is 1.03. The van der Waals surface area contributed by atoms with Gasteiger partial charge in [-0.25, -0.2) is 13.1 Å². The first-order chi connectivity index (χ1) is 6.95. The molecule has 0 amide bonds. The second kappa shape index (κ2) is 5.07. The van der Waals surface area contributed by atoms with Crippen LogP contribution in [0, 0.1) is 0 Å². The molecule has 1 aromatic heterocycles. The highest BCUT2D eigenvalue weighted by Crippen LogP contribution is 2.21. The summed E-state index contributed by atoms with van der Waals surface area (Å²) in [6, 6.07) is 3.40. The molecule has 0 radical (unpaired) electrons. The van der Waals surface area contributed by atoms with E-state index in [-0.39, 0.29) is 6.54 Å². The Morgan fingerprint density at radius 1 is 1.53 bits per heavy atom. The molecule has 0 aliphatic rings. The quantitative estimate of drug-likeness (QED) is 0.817. The molecule has 0 saturated carbocycles. The molecule has 1 heterocycles. The van der Waals surface area contributed by atoms with E-state index in [0.717, 1.165) is 11.3 Å². The molecule has 6 heteroatoms. The lowest BCUT2D eigenvalue weighted by atomic mass is 10.4. The van der Waals surface area contributed by atoms with Gasteiger partial charge in [0.05, 0.1) is 6.10 Å². The van der Waals surface area contributed by atoms with Crippen molar-refractivity contribution in [1.29, 1.82) is 0 Å². The van der Waals surface area contributed by atoms with Gasteiger partial charge in [0.1, 0.15) is 4.21 Å². The number of aliphatic hydroxyl groups excluding tert-OH is 1. The summed E-state index contributed by atoms with van der Waals surface area (Å²) >= 11 is 1.26. The number of hydrogen-bond donors (Lipinski definition) is 2. The molecule has 4 nitrogen and oxygen atoms in total. The van der Waals surface area contributed by atoms with E-state index >= 15 is 0 Å². The zero-order chi connectivity index (χ0) is 11.5. The number of aliphatic hydroxyl groups is 1. The van der Waals surface area contributed by atoms with Crippen molar-refractivity contribution in [3.05, 3.63) is 17.0 Å². The average Bonchev–Trinajstić information content (AvgIpc) is 2.63. The molecule has 1 rings (SSSR count). The van der Waals surface area contributed by atoms with Crippen molar-refractivity contribution < 1.29 is 13.5 Å². The van der Waals surface area contributed by atoms with E-state index in [1.807, 2.05) is 13.0 Å². The number of aryl methyl sites for hydroxylation is 1. The summed E-state index contributed by atoms with van der Waals surface area (Å²) < 4.78 is 26.0. The predicted molar refractivity (Wildman–Crippen MR) is 60.6 cm³/mol. The minimum absolute atomic E-state index is 0.0433.